The van der Waals surface area contributed by atoms with Crippen molar-refractivity contribution in [1.29, 1.82) is 0 Å². The van der Waals surface area contributed by atoms with Crippen LogP contribution in [-0.4, -0.2) is 47.8 Å². The van der Waals surface area contributed by atoms with Gasteiger partial charge in [0, 0.05) is 41.1 Å². The van der Waals surface area contributed by atoms with Crippen LogP contribution >= 0.6 is 0 Å². The molecular weight excluding hydrogens is 416 g/mol. The fourth-order valence-corrected chi connectivity index (χ4v) is 3.30. The lowest BCUT2D eigenvalue weighted by Gasteiger charge is -2.21. The highest BCUT2D eigenvalue weighted by Crippen LogP contribution is 2.14. The number of anilines is 2. The minimum atomic E-state index is -0.329. The van der Waals surface area contributed by atoms with Gasteiger partial charge in [-0.15, -0.1) is 0 Å². The third-order valence-corrected chi connectivity index (χ3v) is 4.76. The van der Waals surface area contributed by atoms with E-state index in [1.807, 2.05) is 25.7 Å². The van der Waals surface area contributed by atoms with Crippen molar-refractivity contribution in [1.82, 2.24) is 10.2 Å². The molecule has 0 bridgehead atoms. The molecule has 2 aromatic rings. The molecule has 0 aromatic heterocycles. The van der Waals surface area contributed by atoms with Crippen LogP contribution < -0.4 is 16.0 Å². The van der Waals surface area contributed by atoms with E-state index in [-0.39, 0.29) is 29.8 Å². The largest absolute Gasteiger partial charge is 0.376 e. The highest BCUT2D eigenvalue weighted by molar-refractivity contribution is 5.97. The Hall–Kier alpha value is -3.35. The monoisotopic (exact) mass is 452 g/mol. The van der Waals surface area contributed by atoms with E-state index in [4.69, 9.17) is 0 Å². The molecule has 0 saturated heterocycles. The van der Waals surface area contributed by atoms with Gasteiger partial charge in [-0.2, -0.15) is 0 Å². The average Bonchev–Trinajstić information content (AvgIpc) is 2.77. The topological polar surface area (TPSA) is 90.5 Å². The van der Waals surface area contributed by atoms with Gasteiger partial charge in [0.15, 0.2) is 0 Å². The molecule has 178 valence electrons. The van der Waals surface area contributed by atoms with Crippen LogP contribution in [0, 0.1) is 0 Å². The van der Waals surface area contributed by atoms with Gasteiger partial charge in [-0.05, 0) is 76.1 Å². The van der Waals surface area contributed by atoms with Crippen LogP contribution in [0.1, 0.15) is 68.2 Å². The van der Waals surface area contributed by atoms with Crippen LogP contribution in [0.25, 0.3) is 0 Å². The molecule has 0 saturated carbocycles. The summed E-state index contributed by atoms with van der Waals surface area (Å²) in [7, 11) is 0. The van der Waals surface area contributed by atoms with Crippen molar-refractivity contribution >= 4 is 29.1 Å². The number of rotatable bonds is 10. The first kappa shape index (κ1) is 25.9. The maximum Gasteiger partial charge on any atom is 0.253 e. The molecule has 0 aliphatic heterocycles. The van der Waals surface area contributed by atoms with E-state index in [0.717, 1.165) is 25.9 Å². The summed E-state index contributed by atoms with van der Waals surface area (Å²) in [6.45, 7) is 11.4. The first-order valence-electron chi connectivity index (χ1n) is 11.5. The normalized spacial score (nSPS) is 10.9. The third kappa shape index (κ3) is 8.60. The predicted octanol–water partition coefficient (Wildman–Crippen LogP) is 4.53. The molecule has 0 aliphatic carbocycles. The number of carbonyl (C=O) groups is 3. The molecule has 0 fully saturated rings. The van der Waals surface area contributed by atoms with Gasteiger partial charge in [-0.3, -0.25) is 14.4 Å². The lowest BCUT2D eigenvalue weighted by Crippen LogP contribution is -2.40. The maximum absolute atomic E-state index is 12.7. The Labute approximate surface area is 196 Å². The summed E-state index contributed by atoms with van der Waals surface area (Å²) in [5.74, 6) is -0.382. The van der Waals surface area contributed by atoms with Crippen LogP contribution in [0.3, 0.4) is 0 Å². The van der Waals surface area contributed by atoms with Gasteiger partial charge in [0.1, 0.15) is 0 Å². The summed E-state index contributed by atoms with van der Waals surface area (Å²) in [6.07, 6.45) is 1.83. The Morgan fingerprint density at radius 1 is 0.848 bits per heavy atom. The molecule has 33 heavy (non-hydrogen) atoms. The van der Waals surface area contributed by atoms with E-state index in [9.17, 15) is 14.4 Å². The molecule has 0 aliphatic rings. The lowest BCUT2D eigenvalue weighted by molar-refractivity contribution is -0.114. The molecular formula is C26H36N4O3. The molecule has 0 heterocycles. The van der Waals surface area contributed by atoms with E-state index in [0.29, 0.717) is 22.5 Å². The summed E-state index contributed by atoms with van der Waals surface area (Å²) in [5.41, 5.74) is 2.10. The fraction of sp³-hybridized carbons (Fsp3) is 0.423. The zero-order valence-electron chi connectivity index (χ0n) is 20.3. The van der Waals surface area contributed by atoms with Crippen molar-refractivity contribution in [3.63, 3.8) is 0 Å². The van der Waals surface area contributed by atoms with Crippen LogP contribution in [0.4, 0.5) is 11.4 Å². The Balaban J connectivity index is 1.92. The number of amides is 3. The highest BCUT2D eigenvalue weighted by Gasteiger charge is 2.16. The number of nitrogens with zero attached hydrogens (tertiary/aromatic N) is 1. The summed E-state index contributed by atoms with van der Waals surface area (Å²) in [6, 6.07) is 14.0. The Morgan fingerprint density at radius 3 is 2.06 bits per heavy atom. The average molecular weight is 453 g/mol. The van der Waals surface area contributed by atoms with Crippen molar-refractivity contribution < 1.29 is 14.4 Å². The summed E-state index contributed by atoms with van der Waals surface area (Å²) in [5, 5.41) is 8.78. The van der Waals surface area contributed by atoms with Crippen LogP contribution in [0.5, 0.6) is 0 Å². The summed E-state index contributed by atoms with van der Waals surface area (Å²) < 4.78 is 0. The van der Waals surface area contributed by atoms with E-state index in [2.05, 4.69) is 29.8 Å². The fourth-order valence-electron chi connectivity index (χ4n) is 3.30. The second-order valence-electron chi connectivity index (χ2n) is 9.06. The molecule has 7 heteroatoms. The first-order valence-corrected chi connectivity index (χ1v) is 11.5. The number of hydrogen-bond acceptors (Lipinski definition) is 4. The molecule has 0 spiro atoms. The molecule has 2 rings (SSSR count). The summed E-state index contributed by atoms with van der Waals surface area (Å²) in [4.78, 5) is 39.2. The molecule has 0 unspecified atom stereocenters. The first-order chi connectivity index (χ1) is 15.6. The van der Waals surface area contributed by atoms with Crippen LogP contribution in [0.2, 0.25) is 0 Å². The highest BCUT2D eigenvalue weighted by atomic mass is 16.2. The molecule has 0 radical (unpaired) electrons. The SMILES string of the molecule is CCCN(CCC)C(=O)c1ccc(NC(=O)CNc2cccc(C(=O)NC(C)(C)C)c2)cc1. The van der Waals surface area contributed by atoms with Crippen molar-refractivity contribution in [2.45, 2.75) is 53.0 Å². The van der Waals surface area contributed by atoms with Crippen molar-refractivity contribution in [2.75, 3.05) is 30.3 Å². The summed E-state index contributed by atoms with van der Waals surface area (Å²) >= 11 is 0. The minimum Gasteiger partial charge on any atom is -0.376 e. The third-order valence-electron chi connectivity index (χ3n) is 4.76. The number of hydrogen-bond donors (Lipinski definition) is 3. The number of nitrogens with one attached hydrogen (secondary N) is 3. The zero-order chi connectivity index (χ0) is 24.4. The second kappa shape index (κ2) is 12.0. The van der Waals surface area contributed by atoms with Crippen LogP contribution in [-0.2, 0) is 4.79 Å². The lowest BCUT2D eigenvalue weighted by atomic mass is 10.1. The molecule has 2 aromatic carbocycles. The molecule has 3 amide bonds. The second-order valence-corrected chi connectivity index (χ2v) is 9.06. The van der Waals surface area contributed by atoms with Gasteiger partial charge in [0.2, 0.25) is 5.91 Å². The molecule has 7 nitrogen and oxygen atoms in total. The van der Waals surface area contributed by atoms with E-state index in [1.165, 1.54) is 0 Å². The maximum atomic E-state index is 12.7. The van der Waals surface area contributed by atoms with Crippen molar-refractivity contribution in [3.8, 4) is 0 Å². The minimum absolute atomic E-state index is 0.00798. The number of benzene rings is 2. The van der Waals surface area contributed by atoms with Crippen molar-refractivity contribution in [3.05, 3.63) is 59.7 Å². The smallest absolute Gasteiger partial charge is 0.253 e. The predicted molar refractivity (Wildman–Crippen MR) is 134 cm³/mol. The van der Waals surface area contributed by atoms with E-state index >= 15 is 0 Å². The van der Waals surface area contributed by atoms with Gasteiger partial charge in [-0.1, -0.05) is 19.9 Å². The van der Waals surface area contributed by atoms with Gasteiger partial charge in [0.25, 0.3) is 11.8 Å². The van der Waals surface area contributed by atoms with Crippen LogP contribution in [0.15, 0.2) is 48.5 Å². The van der Waals surface area contributed by atoms with Gasteiger partial charge in [0.05, 0.1) is 6.54 Å². The Morgan fingerprint density at radius 2 is 1.48 bits per heavy atom. The number of carbonyl (C=O) groups excluding carboxylic acids is 3. The van der Waals surface area contributed by atoms with Crippen molar-refractivity contribution in [2.24, 2.45) is 0 Å². The van der Waals surface area contributed by atoms with E-state index < -0.39 is 0 Å². The van der Waals surface area contributed by atoms with Gasteiger partial charge >= 0.3 is 0 Å². The Bertz CT molecular complexity index is 943. The van der Waals surface area contributed by atoms with Gasteiger partial charge in [-0.25, -0.2) is 0 Å². The molecule has 3 N–H and O–H groups in total. The van der Waals surface area contributed by atoms with E-state index in [1.54, 1.807) is 48.5 Å². The zero-order valence-corrected chi connectivity index (χ0v) is 20.3. The Kier molecular flexibility index (Phi) is 9.45. The molecule has 0 atom stereocenters. The standard InChI is InChI=1S/C26H36N4O3/c1-6-15-30(16-7-2)25(33)19-11-13-21(14-12-19)28-23(31)18-27-22-10-8-9-20(17-22)24(32)29-26(3,4)5/h8-14,17,27H,6-7,15-16,18H2,1-5H3,(H,28,31)(H,29,32). The quantitative estimate of drug-likeness (QED) is 0.494. The van der Waals surface area contributed by atoms with Gasteiger partial charge < -0.3 is 20.9 Å².